The van der Waals surface area contributed by atoms with Crippen LogP contribution in [-0.4, -0.2) is 5.60 Å². The lowest BCUT2D eigenvalue weighted by atomic mass is 10.2. The van der Waals surface area contributed by atoms with E-state index in [2.05, 4.69) is 6.58 Å². The van der Waals surface area contributed by atoms with Gasteiger partial charge in [-0.3, -0.25) is 4.84 Å². The van der Waals surface area contributed by atoms with Crippen LogP contribution in [0.2, 0.25) is 0 Å². The van der Waals surface area contributed by atoms with Crippen molar-refractivity contribution in [1.82, 2.24) is 0 Å². The molecule has 0 spiro atoms. The summed E-state index contributed by atoms with van der Waals surface area (Å²) in [6, 6.07) is 0. The summed E-state index contributed by atoms with van der Waals surface area (Å²) in [5.41, 5.74) is 0.00174. The number of hydrogen-bond donors (Lipinski definition) is 1. The number of rotatable bonds is 3. The molecule has 1 fully saturated rings. The molecule has 0 bridgehead atoms. The first kappa shape index (κ1) is 5.79. The zero-order chi connectivity index (χ0) is 6.04. The first-order valence-electron chi connectivity index (χ1n) is 2.82. The maximum atomic E-state index is 5.01. The molecule has 1 rings (SSSR count). The third kappa shape index (κ3) is 0.904. The average Bonchev–Trinajstić information content (AvgIpc) is 2.50. The molecule has 1 aliphatic carbocycles. The second-order valence-electron chi connectivity index (χ2n) is 2.29. The largest absolute Gasteiger partial charge is 0.298 e. The summed E-state index contributed by atoms with van der Waals surface area (Å²) in [4.78, 5) is 4.72. The minimum atomic E-state index is 0.00174. The summed E-state index contributed by atoms with van der Waals surface area (Å²) in [6.45, 7) is 3.60. The molecule has 0 aromatic heterocycles. The van der Waals surface area contributed by atoms with Crippen molar-refractivity contribution in [2.45, 2.75) is 24.9 Å². The summed E-state index contributed by atoms with van der Waals surface area (Å²) in [7, 11) is 0. The minimum Gasteiger partial charge on any atom is -0.298 e. The fraction of sp³-hybridized carbons (Fsp3) is 0.667. The average molecular weight is 113 g/mol. The molecule has 0 saturated heterocycles. The molecule has 2 heteroatoms. The number of hydrogen-bond acceptors (Lipinski definition) is 2. The lowest BCUT2D eigenvalue weighted by molar-refractivity contribution is 0.0346. The van der Waals surface area contributed by atoms with Crippen molar-refractivity contribution in [2.75, 3.05) is 0 Å². The van der Waals surface area contributed by atoms with E-state index < -0.39 is 0 Å². The summed E-state index contributed by atoms with van der Waals surface area (Å²) in [5.74, 6) is 5.01. The van der Waals surface area contributed by atoms with Crippen LogP contribution in [0.1, 0.15) is 19.3 Å². The smallest absolute Gasteiger partial charge is 0.0930 e. The highest BCUT2D eigenvalue weighted by atomic mass is 16.6. The van der Waals surface area contributed by atoms with E-state index in [0.29, 0.717) is 0 Å². The summed E-state index contributed by atoms with van der Waals surface area (Å²) >= 11 is 0. The molecule has 8 heavy (non-hydrogen) atoms. The first-order valence-corrected chi connectivity index (χ1v) is 2.82. The van der Waals surface area contributed by atoms with Crippen LogP contribution < -0.4 is 5.90 Å². The maximum absolute atomic E-state index is 5.01. The second-order valence-corrected chi connectivity index (χ2v) is 2.29. The standard InChI is InChI=1S/C6H11NO/c1-2-3-6(8-7)4-5-6/h2H,1,3-5,7H2. The second kappa shape index (κ2) is 1.88. The van der Waals surface area contributed by atoms with Crippen molar-refractivity contribution < 1.29 is 4.84 Å². The van der Waals surface area contributed by atoms with E-state index >= 15 is 0 Å². The van der Waals surface area contributed by atoms with Crippen molar-refractivity contribution >= 4 is 0 Å². The molecule has 1 saturated carbocycles. The van der Waals surface area contributed by atoms with Gasteiger partial charge in [0.2, 0.25) is 0 Å². The fourth-order valence-electron chi connectivity index (χ4n) is 0.773. The van der Waals surface area contributed by atoms with E-state index in [0.717, 1.165) is 19.3 Å². The molecule has 0 atom stereocenters. The predicted molar refractivity (Wildman–Crippen MR) is 32.1 cm³/mol. The Labute approximate surface area is 49.3 Å². The van der Waals surface area contributed by atoms with Gasteiger partial charge in [-0.05, 0) is 19.3 Å². The molecule has 0 unspecified atom stereocenters. The van der Waals surface area contributed by atoms with Crippen molar-refractivity contribution in [3.63, 3.8) is 0 Å². The normalized spacial score (nSPS) is 22.6. The van der Waals surface area contributed by atoms with Gasteiger partial charge in [-0.15, -0.1) is 6.58 Å². The van der Waals surface area contributed by atoms with Crippen molar-refractivity contribution in [1.29, 1.82) is 0 Å². The Morgan fingerprint density at radius 2 is 2.38 bits per heavy atom. The molecule has 0 amide bonds. The maximum Gasteiger partial charge on any atom is 0.0930 e. The van der Waals surface area contributed by atoms with E-state index in [1.165, 1.54) is 0 Å². The van der Waals surface area contributed by atoms with Crippen LogP contribution >= 0.6 is 0 Å². The molecule has 0 aromatic rings. The molecular formula is C6H11NO. The summed E-state index contributed by atoms with van der Waals surface area (Å²) in [5, 5.41) is 0. The Balaban J connectivity index is 2.29. The van der Waals surface area contributed by atoms with E-state index in [-0.39, 0.29) is 5.60 Å². The predicted octanol–water partition coefficient (Wildman–Crippen LogP) is 0.985. The highest BCUT2D eigenvalue weighted by Crippen LogP contribution is 2.41. The third-order valence-electron chi connectivity index (χ3n) is 1.57. The Kier molecular flexibility index (Phi) is 1.36. The van der Waals surface area contributed by atoms with E-state index in [1.54, 1.807) is 0 Å². The topological polar surface area (TPSA) is 35.2 Å². The fourth-order valence-corrected chi connectivity index (χ4v) is 0.773. The zero-order valence-electron chi connectivity index (χ0n) is 4.89. The highest BCUT2D eigenvalue weighted by molar-refractivity contribution is 4.99. The molecule has 2 N–H and O–H groups in total. The molecule has 0 aromatic carbocycles. The van der Waals surface area contributed by atoms with Gasteiger partial charge in [0.05, 0.1) is 5.60 Å². The van der Waals surface area contributed by atoms with Gasteiger partial charge in [0.25, 0.3) is 0 Å². The molecule has 2 nitrogen and oxygen atoms in total. The quantitative estimate of drug-likeness (QED) is 0.437. The molecular weight excluding hydrogens is 102 g/mol. The minimum absolute atomic E-state index is 0.00174. The van der Waals surface area contributed by atoms with Gasteiger partial charge in [0.1, 0.15) is 0 Å². The van der Waals surface area contributed by atoms with Gasteiger partial charge in [-0.25, -0.2) is 5.90 Å². The zero-order valence-corrected chi connectivity index (χ0v) is 4.89. The van der Waals surface area contributed by atoms with Gasteiger partial charge >= 0.3 is 0 Å². The van der Waals surface area contributed by atoms with Gasteiger partial charge in [-0.1, -0.05) is 6.08 Å². The van der Waals surface area contributed by atoms with Crippen LogP contribution in [-0.2, 0) is 4.84 Å². The lowest BCUT2D eigenvalue weighted by Gasteiger charge is -2.06. The number of nitrogens with two attached hydrogens (primary N) is 1. The van der Waals surface area contributed by atoms with E-state index in [4.69, 9.17) is 10.7 Å². The van der Waals surface area contributed by atoms with Crippen molar-refractivity contribution in [3.8, 4) is 0 Å². The third-order valence-corrected chi connectivity index (χ3v) is 1.57. The van der Waals surface area contributed by atoms with E-state index in [9.17, 15) is 0 Å². The van der Waals surface area contributed by atoms with Crippen LogP contribution in [0, 0.1) is 0 Å². The highest BCUT2D eigenvalue weighted by Gasteiger charge is 2.42. The van der Waals surface area contributed by atoms with Crippen LogP contribution in [0.4, 0.5) is 0 Å². The van der Waals surface area contributed by atoms with Crippen LogP contribution in [0.5, 0.6) is 0 Å². The Bertz CT molecular complexity index is 96.7. The molecule has 1 aliphatic rings. The molecule has 0 radical (unpaired) electrons. The Morgan fingerprint density at radius 3 is 2.50 bits per heavy atom. The van der Waals surface area contributed by atoms with Crippen LogP contribution in [0.15, 0.2) is 12.7 Å². The van der Waals surface area contributed by atoms with E-state index in [1.807, 2.05) is 6.08 Å². The van der Waals surface area contributed by atoms with Crippen LogP contribution in [0.3, 0.4) is 0 Å². The van der Waals surface area contributed by atoms with Gasteiger partial charge in [0.15, 0.2) is 0 Å². The molecule has 46 valence electrons. The van der Waals surface area contributed by atoms with Crippen molar-refractivity contribution in [2.24, 2.45) is 5.90 Å². The van der Waals surface area contributed by atoms with Gasteiger partial charge < -0.3 is 0 Å². The summed E-state index contributed by atoms with van der Waals surface area (Å²) < 4.78 is 0. The van der Waals surface area contributed by atoms with Gasteiger partial charge in [0, 0.05) is 0 Å². The molecule has 0 heterocycles. The Morgan fingerprint density at radius 1 is 1.75 bits per heavy atom. The summed E-state index contributed by atoms with van der Waals surface area (Å²) in [6.07, 6.45) is 4.93. The lowest BCUT2D eigenvalue weighted by Crippen LogP contribution is -2.17. The SMILES string of the molecule is C=CCC1(ON)CC1. The first-order chi connectivity index (χ1) is 3.83. The van der Waals surface area contributed by atoms with Crippen molar-refractivity contribution in [3.05, 3.63) is 12.7 Å². The molecule has 0 aliphatic heterocycles. The Hall–Kier alpha value is -0.340. The van der Waals surface area contributed by atoms with Gasteiger partial charge in [-0.2, -0.15) is 0 Å². The van der Waals surface area contributed by atoms with Crippen LogP contribution in [0.25, 0.3) is 0 Å². The monoisotopic (exact) mass is 113 g/mol.